The van der Waals surface area contributed by atoms with E-state index in [-0.39, 0.29) is 0 Å². The first-order chi connectivity index (χ1) is 7.79. The first-order valence-electron chi connectivity index (χ1n) is 6.92. The molecule has 0 saturated heterocycles. The Morgan fingerprint density at radius 1 is 1.38 bits per heavy atom. The van der Waals surface area contributed by atoms with Gasteiger partial charge in [-0.3, -0.25) is 0 Å². The van der Waals surface area contributed by atoms with Gasteiger partial charge in [-0.15, -0.1) is 11.8 Å². The van der Waals surface area contributed by atoms with E-state index in [0.29, 0.717) is 6.04 Å². The average molecular weight is 221 g/mol. The van der Waals surface area contributed by atoms with Crippen LogP contribution in [0, 0.1) is 23.7 Å². The smallest absolute Gasteiger partial charge is 0.0107 e. The van der Waals surface area contributed by atoms with E-state index in [9.17, 15) is 0 Å². The quantitative estimate of drug-likeness (QED) is 0.676. The second-order valence-corrected chi connectivity index (χ2v) is 5.10. The van der Waals surface area contributed by atoms with Gasteiger partial charge in [0.25, 0.3) is 0 Å². The molecular weight excluding hydrogens is 194 g/mol. The number of hydrogen-bond donors (Lipinski definition) is 1. The highest BCUT2D eigenvalue weighted by molar-refractivity contribution is 4.97. The van der Waals surface area contributed by atoms with E-state index in [0.717, 1.165) is 24.8 Å². The molecule has 1 N–H and O–H groups in total. The van der Waals surface area contributed by atoms with Crippen LogP contribution < -0.4 is 5.32 Å². The summed E-state index contributed by atoms with van der Waals surface area (Å²) in [5.41, 5.74) is 0. The third-order valence-corrected chi connectivity index (χ3v) is 3.86. The highest BCUT2D eigenvalue weighted by atomic mass is 14.9. The maximum atomic E-state index is 3.73. The Hall–Kier alpha value is -0.480. The van der Waals surface area contributed by atoms with Crippen LogP contribution in [0.15, 0.2) is 0 Å². The zero-order valence-corrected chi connectivity index (χ0v) is 11.2. The van der Waals surface area contributed by atoms with Crippen LogP contribution in [0.25, 0.3) is 0 Å². The summed E-state index contributed by atoms with van der Waals surface area (Å²) in [5, 5.41) is 3.73. The van der Waals surface area contributed by atoms with Gasteiger partial charge in [-0.25, -0.2) is 0 Å². The normalized spacial score (nSPS) is 26.2. The number of rotatable bonds is 6. The fraction of sp³-hybridized carbons (Fsp3) is 0.867. The van der Waals surface area contributed by atoms with Gasteiger partial charge in [0, 0.05) is 12.5 Å². The molecule has 1 rings (SSSR count). The SMILES string of the molecule is CC#CCCC(NCCC)C1CCCC1C. The van der Waals surface area contributed by atoms with Crippen molar-refractivity contribution in [1.82, 2.24) is 5.32 Å². The van der Waals surface area contributed by atoms with Gasteiger partial charge in [-0.1, -0.05) is 26.7 Å². The first-order valence-corrected chi connectivity index (χ1v) is 6.92. The van der Waals surface area contributed by atoms with Crippen LogP contribution in [0.1, 0.15) is 59.3 Å². The summed E-state index contributed by atoms with van der Waals surface area (Å²) in [6, 6.07) is 0.707. The van der Waals surface area contributed by atoms with E-state index in [1.807, 2.05) is 6.92 Å². The Labute approximate surface area is 101 Å². The van der Waals surface area contributed by atoms with Gasteiger partial charge in [0.15, 0.2) is 0 Å². The monoisotopic (exact) mass is 221 g/mol. The molecule has 0 aromatic heterocycles. The molecule has 0 aromatic rings. The van der Waals surface area contributed by atoms with E-state index in [4.69, 9.17) is 0 Å². The average Bonchev–Trinajstić information content (AvgIpc) is 2.70. The van der Waals surface area contributed by atoms with Crippen LogP contribution >= 0.6 is 0 Å². The summed E-state index contributed by atoms with van der Waals surface area (Å²) < 4.78 is 0. The van der Waals surface area contributed by atoms with Crippen molar-refractivity contribution in [2.45, 2.75) is 65.3 Å². The summed E-state index contributed by atoms with van der Waals surface area (Å²) in [4.78, 5) is 0. The van der Waals surface area contributed by atoms with Crippen molar-refractivity contribution in [3.05, 3.63) is 0 Å². The second-order valence-electron chi connectivity index (χ2n) is 5.10. The van der Waals surface area contributed by atoms with Crippen LogP contribution in [-0.2, 0) is 0 Å². The molecule has 0 heterocycles. The summed E-state index contributed by atoms with van der Waals surface area (Å²) >= 11 is 0. The van der Waals surface area contributed by atoms with Gasteiger partial charge in [0.05, 0.1) is 0 Å². The highest BCUT2D eigenvalue weighted by Gasteiger charge is 2.29. The minimum absolute atomic E-state index is 0.707. The molecule has 0 radical (unpaired) electrons. The number of hydrogen-bond acceptors (Lipinski definition) is 1. The zero-order chi connectivity index (χ0) is 11.8. The lowest BCUT2D eigenvalue weighted by molar-refractivity contribution is 0.286. The third kappa shape index (κ3) is 4.18. The molecule has 0 aromatic carbocycles. The van der Waals surface area contributed by atoms with E-state index in [1.54, 1.807) is 0 Å². The Balaban J connectivity index is 2.43. The van der Waals surface area contributed by atoms with Gasteiger partial charge in [0.2, 0.25) is 0 Å². The van der Waals surface area contributed by atoms with E-state index < -0.39 is 0 Å². The molecule has 92 valence electrons. The highest BCUT2D eigenvalue weighted by Crippen LogP contribution is 2.34. The van der Waals surface area contributed by atoms with Gasteiger partial charge < -0.3 is 5.32 Å². The summed E-state index contributed by atoms with van der Waals surface area (Å²) in [7, 11) is 0. The van der Waals surface area contributed by atoms with Crippen molar-refractivity contribution in [2.24, 2.45) is 11.8 Å². The number of nitrogens with one attached hydrogen (secondary N) is 1. The molecular formula is C15H27N. The molecule has 3 atom stereocenters. The molecule has 0 aliphatic heterocycles. The molecule has 1 aliphatic rings. The van der Waals surface area contributed by atoms with E-state index in [1.165, 1.54) is 32.1 Å². The van der Waals surface area contributed by atoms with Crippen molar-refractivity contribution in [3.63, 3.8) is 0 Å². The summed E-state index contributed by atoms with van der Waals surface area (Å²) in [6.45, 7) is 7.76. The molecule has 1 aliphatic carbocycles. The predicted octanol–water partition coefficient (Wildman–Crippen LogP) is 3.59. The molecule has 0 spiro atoms. The maximum absolute atomic E-state index is 3.73. The Bertz CT molecular complexity index is 236. The van der Waals surface area contributed by atoms with Crippen molar-refractivity contribution in [1.29, 1.82) is 0 Å². The van der Waals surface area contributed by atoms with Gasteiger partial charge >= 0.3 is 0 Å². The zero-order valence-electron chi connectivity index (χ0n) is 11.2. The minimum Gasteiger partial charge on any atom is -0.314 e. The van der Waals surface area contributed by atoms with Crippen LogP contribution in [0.2, 0.25) is 0 Å². The molecule has 0 bridgehead atoms. The standard InChI is InChI=1S/C15H27N/c1-4-6-7-11-15(16-12-5-2)14-10-8-9-13(14)3/h13-16H,5,7-12H2,1-3H3. The van der Waals surface area contributed by atoms with Crippen LogP contribution in [-0.4, -0.2) is 12.6 Å². The second kappa shape index (κ2) is 7.74. The van der Waals surface area contributed by atoms with Crippen LogP contribution in [0.3, 0.4) is 0 Å². The molecule has 3 unspecified atom stereocenters. The molecule has 1 nitrogen and oxygen atoms in total. The van der Waals surface area contributed by atoms with Crippen molar-refractivity contribution < 1.29 is 0 Å². The Morgan fingerprint density at radius 2 is 2.19 bits per heavy atom. The minimum atomic E-state index is 0.707. The predicted molar refractivity (Wildman–Crippen MR) is 71.3 cm³/mol. The van der Waals surface area contributed by atoms with Gasteiger partial charge in [-0.2, -0.15) is 0 Å². The van der Waals surface area contributed by atoms with Crippen molar-refractivity contribution in [2.75, 3.05) is 6.54 Å². The lowest BCUT2D eigenvalue weighted by atomic mass is 9.87. The fourth-order valence-corrected chi connectivity index (χ4v) is 2.92. The third-order valence-electron chi connectivity index (χ3n) is 3.86. The summed E-state index contributed by atoms with van der Waals surface area (Å²) in [6.07, 6.45) is 7.79. The maximum Gasteiger partial charge on any atom is 0.0107 e. The fourth-order valence-electron chi connectivity index (χ4n) is 2.92. The lowest BCUT2D eigenvalue weighted by Gasteiger charge is -2.27. The molecule has 1 saturated carbocycles. The van der Waals surface area contributed by atoms with Gasteiger partial charge in [0.1, 0.15) is 0 Å². The lowest BCUT2D eigenvalue weighted by Crippen LogP contribution is -2.37. The van der Waals surface area contributed by atoms with E-state index >= 15 is 0 Å². The molecule has 0 amide bonds. The summed E-state index contributed by atoms with van der Waals surface area (Å²) in [5.74, 6) is 8.01. The molecule has 16 heavy (non-hydrogen) atoms. The largest absolute Gasteiger partial charge is 0.314 e. The molecule has 1 heteroatoms. The topological polar surface area (TPSA) is 12.0 Å². The van der Waals surface area contributed by atoms with Crippen molar-refractivity contribution in [3.8, 4) is 11.8 Å². The Morgan fingerprint density at radius 3 is 2.75 bits per heavy atom. The van der Waals surface area contributed by atoms with Crippen LogP contribution in [0.4, 0.5) is 0 Å². The van der Waals surface area contributed by atoms with Crippen LogP contribution in [0.5, 0.6) is 0 Å². The Kier molecular flexibility index (Phi) is 6.57. The van der Waals surface area contributed by atoms with Gasteiger partial charge in [-0.05, 0) is 44.6 Å². The van der Waals surface area contributed by atoms with Crippen molar-refractivity contribution >= 4 is 0 Å². The van der Waals surface area contributed by atoms with E-state index in [2.05, 4.69) is 31.0 Å². The first kappa shape index (κ1) is 13.6. The molecule has 1 fully saturated rings.